The zero-order valence-electron chi connectivity index (χ0n) is 13.5. The molecule has 1 atom stereocenters. The number of hydrogen-bond acceptors (Lipinski definition) is 5. The smallest absolute Gasteiger partial charge is 0.407 e. The van der Waals surface area contributed by atoms with Crippen LogP contribution in [0.25, 0.3) is 0 Å². The molecule has 3 rings (SSSR count). The summed E-state index contributed by atoms with van der Waals surface area (Å²) in [6.45, 7) is 0.406. The average molecular weight is 332 g/mol. The van der Waals surface area contributed by atoms with Crippen molar-refractivity contribution in [3.05, 3.63) is 29.3 Å². The number of hydrogen-bond donors (Lipinski definition) is 2. The molecule has 0 radical (unpaired) electrons. The van der Waals surface area contributed by atoms with Crippen molar-refractivity contribution < 1.29 is 23.9 Å². The van der Waals surface area contributed by atoms with E-state index in [1.54, 1.807) is 18.2 Å². The molecule has 0 bridgehead atoms. The maximum absolute atomic E-state index is 12.3. The molecular weight excluding hydrogens is 312 g/mol. The Morgan fingerprint density at radius 2 is 2.08 bits per heavy atom. The lowest BCUT2D eigenvalue weighted by molar-refractivity contribution is -0.118. The molecule has 2 aliphatic rings. The largest absolute Gasteiger partial charge is 0.465 e. The first-order valence-corrected chi connectivity index (χ1v) is 8.02. The Labute approximate surface area is 139 Å². The SMILES string of the molecule is COC(=O)c1ccc2c(c1)CC[C@H](NC(=O)OCC1CC1)C(=O)N2. The average Bonchev–Trinajstić information content (AvgIpc) is 3.41. The minimum Gasteiger partial charge on any atom is -0.465 e. The number of anilines is 1. The third-order valence-electron chi connectivity index (χ3n) is 4.24. The predicted octanol–water partition coefficient (Wildman–Crippen LogP) is 1.86. The van der Waals surface area contributed by atoms with E-state index < -0.39 is 18.1 Å². The van der Waals surface area contributed by atoms with Gasteiger partial charge in [-0.2, -0.15) is 0 Å². The zero-order valence-corrected chi connectivity index (χ0v) is 13.5. The van der Waals surface area contributed by atoms with E-state index in [-0.39, 0.29) is 5.91 Å². The second-order valence-corrected chi connectivity index (χ2v) is 6.13. The maximum atomic E-state index is 12.3. The van der Waals surface area contributed by atoms with Crippen LogP contribution in [-0.2, 0) is 20.7 Å². The third kappa shape index (κ3) is 3.84. The summed E-state index contributed by atoms with van der Waals surface area (Å²) in [6, 6.07) is 4.32. The van der Waals surface area contributed by atoms with Crippen molar-refractivity contribution in [2.75, 3.05) is 19.0 Å². The fourth-order valence-corrected chi connectivity index (χ4v) is 2.62. The van der Waals surface area contributed by atoms with Gasteiger partial charge in [-0.05, 0) is 55.4 Å². The van der Waals surface area contributed by atoms with Crippen molar-refractivity contribution in [1.82, 2.24) is 5.32 Å². The van der Waals surface area contributed by atoms with E-state index in [2.05, 4.69) is 10.6 Å². The Bertz CT molecular complexity index is 669. The van der Waals surface area contributed by atoms with Crippen LogP contribution in [-0.4, -0.2) is 37.7 Å². The highest BCUT2D eigenvalue weighted by Gasteiger charge is 2.28. The lowest BCUT2D eigenvalue weighted by Gasteiger charge is -2.15. The van der Waals surface area contributed by atoms with Crippen LogP contribution >= 0.6 is 0 Å². The van der Waals surface area contributed by atoms with E-state index in [1.807, 2.05) is 0 Å². The van der Waals surface area contributed by atoms with Gasteiger partial charge >= 0.3 is 12.1 Å². The van der Waals surface area contributed by atoms with Crippen molar-refractivity contribution in [1.29, 1.82) is 0 Å². The first-order chi connectivity index (χ1) is 11.6. The number of carbonyl (C=O) groups excluding carboxylic acids is 3. The fourth-order valence-electron chi connectivity index (χ4n) is 2.62. The molecule has 128 valence electrons. The van der Waals surface area contributed by atoms with Crippen LogP contribution in [0.5, 0.6) is 0 Å². The molecule has 1 heterocycles. The zero-order chi connectivity index (χ0) is 17.1. The van der Waals surface area contributed by atoms with Gasteiger partial charge in [0.05, 0.1) is 19.3 Å². The van der Waals surface area contributed by atoms with E-state index in [0.717, 1.165) is 18.4 Å². The van der Waals surface area contributed by atoms with Crippen LogP contribution in [0.15, 0.2) is 18.2 Å². The van der Waals surface area contributed by atoms with Gasteiger partial charge in [0.25, 0.3) is 0 Å². The summed E-state index contributed by atoms with van der Waals surface area (Å²) in [5, 5.41) is 5.39. The Hall–Kier alpha value is -2.57. The standard InChI is InChI=1S/C17H20N2O5/c1-23-16(21)12-5-6-13-11(8-12)4-7-14(15(20)18-13)19-17(22)24-9-10-2-3-10/h5-6,8,10,14H,2-4,7,9H2,1H3,(H,18,20)(H,19,22)/t14-/m0/s1. The fraction of sp³-hybridized carbons (Fsp3) is 0.471. The van der Waals surface area contributed by atoms with Crippen LogP contribution in [0.1, 0.15) is 35.2 Å². The Balaban J connectivity index is 1.63. The van der Waals surface area contributed by atoms with E-state index in [4.69, 9.17) is 9.47 Å². The summed E-state index contributed by atoms with van der Waals surface area (Å²) < 4.78 is 9.81. The highest BCUT2D eigenvalue weighted by atomic mass is 16.5. The minimum atomic E-state index is -0.661. The number of carbonyl (C=O) groups is 3. The van der Waals surface area contributed by atoms with E-state index in [0.29, 0.717) is 36.6 Å². The summed E-state index contributed by atoms with van der Waals surface area (Å²) in [4.78, 5) is 35.7. The van der Waals surface area contributed by atoms with Gasteiger partial charge in [0.2, 0.25) is 5.91 Å². The molecule has 7 heteroatoms. The third-order valence-corrected chi connectivity index (χ3v) is 4.24. The van der Waals surface area contributed by atoms with Gasteiger partial charge in [-0.3, -0.25) is 4.79 Å². The molecule has 2 N–H and O–H groups in total. The van der Waals surface area contributed by atoms with Crippen LogP contribution in [0.3, 0.4) is 0 Å². The molecule has 1 aliphatic carbocycles. The summed E-state index contributed by atoms with van der Waals surface area (Å²) >= 11 is 0. The Morgan fingerprint density at radius 3 is 2.79 bits per heavy atom. The second-order valence-electron chi connectivity index (χ2n) is 6.13. The number of nitrogens with one attached hydrogen (secondary N) is 2. The van der Waals surface area contributed by atoms with Crippen molar-refractivity contribution >= 4 is 23.7 Å². The number of aryl methyl sites for hydroxylation is 1. The van der Waals surface area contributed by atoms with Gasteiger partial charge in [0.15, 0.2) is 0 Å². The van der Waals surface area contributed by atoms with Gasteiger partial charge in [0.1, 0.15) is 6.04 Å². The Morgan fingerprint density at radius 1 is 1.29 bits per heavy atom. The second kappa shape index (κ2) is 6.90. The first kappa shape index (κ1) is 16.3. The monoisotopic (exact) mass is 332 g/mol. The molecule has 0 saturated heterocycles. The normalized spacial score (nSPS) is 19.5. The van der Waals surface area contributed by atoms with Crippen molar-refractivity contribution in [2.45, 2.75) is 31.7 Å². The molecule has 0 unspecified atom stereocenters. The number of methoxy groups -OCH3 is 1. The molecule has 1 fully saturated rings. The number of esters is 1. The van der Waals surface area contributed by atoms with Gasteiger partial charge in [-0.15, -0.1) is 0 Å². The predicted molar refractivity (Wildman–Crippen MR) is 85.7 cm³/mol. The summed E-state index contributed by atoms with van der Waals surface area (Å²) in [5.41, 5.74) is 1.91. The van der Waals surface area contributed by atoms with Gasteiger partial charge in [0, 0.05) is 5.69 Å². The van der Waals surface area contributed by atoms with Gasteiger partial charge in [-0.25, -0.2) is 9.59 Å². The number of benzene rings is 1. The minimum absolute atomic E-state index is 0.289. The molecule has 24 heavy (non-hydrogen) atoms. The summed E-state index contributed by atoms with van der Waals surface area (Å²) in [5.74, 6) is -0.241. The Kier molecular flexibility index (Phi) is 4.69. The van der Waals surface area contributed by atoms with Crippen LogP contribution in [0.4, 0.5) is 10.5 Å². The van der Waals surface area contributed by atoms with Gasteiger partial charge < -0.3 is 20.1 Å². The topological polar surface area (TPSA) is 93.7 Å². The molecule has 1 aliphatic heterocycles. The number of fused-ring (bicyclic) bond motifs is 1. The maximum Gasteiger partial charge on any atom is 0.407 e. The summed E-state index contributed by atoms with van der Waals surface area (Å²) in [6.07, 6.45) is 2.60. The molecule has 0 spiro atoms. The number of alkyl carbamates (subject to hydrolysis) is 1. The molecule has 2 amide bonds. The number of amides is 2. The van der Waals surface area contributed by atoms with Crippen LogP contribution in [0.2, 0.25) is 0 Å². The van der Waals surface area contributed by atoms with E-state index >= 15 is 0 Å². The molecule has 7 nitrogen and oxygen atoms in total. The van der Waals surface area contributed by atoms with E-state index in [1.165, 1.54) is 7.11 Å². The van der Waals surface area contributed by atoms with E-state index in [9.17, 15) is 14.4 Å². The molecular formula is C17H20N2O5. The van der Waals surface area contributed by atoms with Crippen molar-refractivity contribution in [3.63, 3.8) is 0 Å². The van der Waals surface area contributed by atoms with Crippen molar-refractivity contribution in [3.8, 4) is 0 Å². The molecule has 1 aromatic carbocycles. The highest BCUT2D eigenvalue weighted by Crippen LogP contribution is 2.29. The number of ether oxygens (including phenoxy) is 2. The first-order valence-electron chi connectivity index (χ1n) is 8.02. The molecule has 1 aromatic rings. The van der Waals surface area contributed by atoms with Crippen molar-refractivity contribution in [2.24, 2.45) is 5.92 Å². The molecule has 1 saturated carbocycles. The summed E-state index contributed by atoms with van der Waals surface area (Å²) in [7, 11) is 1.32. The number of rotatable bonds is 4. The molecule has 0 aromatic heterocycles. The lowest BCUT2D eigenvalue weighted by atomic mass is 10.0. The quantitative estimate of drug-likeness (QED) is 0.821. The highest BCUT2D eigenvalue weighted by molar-refractivity contribution is 5.98. The van der Waals surface area contributed by atoms with Gasteiger partial charge in [-0.1, -0.05) is 0 Å². The lowest BCUT2D eigenvalue weighted by Crippen LogP contribution is -2.43. The van der Waals surface area contributed by atoms with Crippen LogP contribution < -0.4 is 10.6 Å². The van der Waals surface area contributed by atoms with Crippen LogP contribution in [0, 0.1) is 5.92 Å².